The number of furan rings is 1. The van der Waals surface area contributed by atoms with E-state index in [9.17, 15) is 0 Å². The Hall–Kier alpha value is -4.90. The van der Waals surface area contributed by atoms with Crippen molar-refractivity contribution in [2.24, 2.45) is 0 Å². The van der Waals surface area contributed by atoms with Crippen molar-refractivity contribution in [3.63, 3.8) is 0 Å². The molecule has 182 valence electrons. The van der Waals surface area contributed by atoms with E-state index >= 15 is 0 Å². The second-order valence-electron chi connectivity index (χ2n) is 9.85. The van der Waals surface area contributed by atoms with Crippen molar-refractivity contribution >= 4 is 21.9 Å². The van der Waals surface area contributed by atoms with Crippen molar-refractivity contribution in [2.45, 2.75) is 19.4 Å². The number of nitrogens with zero attached hydrogens (tertiary/aromatic N) is 3. The molecule has 0 spiro atoms. The van der Waals surface area contributed by atoms with Gasteiger partial charge in [-0.05, 0) is 77.6 Å². The van der Waals surface area contributed by atoms with Crippen LogP contribution in [0.4, 0.5) is 0 Å². The van der Waals surface area contributed by atoms with E-state index in [2.05, 4.69) is 89.1 Å². The van der Waals surface area contributed by atoms with E-state index in [0.29, 0.717) is 0 Å². The number of aromatic nitrogens is 3. The average molecular weight is 494 g/mol. The normalized spacial score (nSPS) is 12.9. The quantitative estimate of drug-likeness (QED) is 0.248. The second kappa shape index (κ2) is 8.32. The minimum atomic E-state index is 0.784. The van der Waals surface area contributed by atoms with Gasteiger partial charge in [0.15, 0.2) is 5.76 Å². The van der Waals surface area contributed by atoms with Gasteiger partial charge in [-0.1, -0.05) is 59.8 Å². The van der Waals surface area contributed by atoms with Gasteiger partial charge in [0.05, 0.1) is 17.0 Å². The Bertz CT molecular complexity index is 1960. The topological polar surface area (TPSA) is 57.0 Å². The fourth-order valence-corrected chi connectivity index (χ4v) is 5.68. The molecule has 0 N–H and O–H groups in total. The largest absolute Gasteiger partial charge is 0.456 e. The molecule has 8 rings (SSSR count). The van der Waals surface area contributed by atoms with Crippen LogP contribution in [0, 0.1) is 0 Å². The number of benzene rings is 4. The molecule has 4 heterocycles. The predicted octanol–water partition coefficient (Wildman–Crippen LogP) is 8.38. The molecule has 0 saturated heterocycles. The van der Waals surface area contributed by atoms with E-state index in [0.717, 1.165) is 75.2 Å². The SMILES string of the molecule is c1ccc(-c2cccc(-c3ccc4oc5ccc(-c6onc7c6-c6ccnn6CCC7)cc5c4c3)c2)cc1. The van der Waals surface area contributed by atoms with Gasteiger partial charge in [-0.2, -0.15) is 5.10 Å². The van der Waals surface area contributed by atoms with Gasteiger partial charge in [-0.15, -0.1) is 0 Å². The molecule has 5 nitrogen and oxygen atoms in total. The van der Waals surface area contributed by atoms with Crippen LogP contribution in [-0.4, -0.2) is 14.9 Å². The van der Waals surface area contributed by atoms with Crippen molar-refractivity contribution in [3.05, 3.63) is 109 Å². The summed E-state index contributed by atoms with van der Waals surface area (Å²) in [5.41, 5.74) is 10.6. The van der Waals surface area contributed by atoms with Crippen LogP contribution in [0.2, 0.25) is 0 Å². The van der Waals surface area contributed by atoms with Gasteiger partial charge in [0, 0.05) is 29.1 Å². The molecule has 1 aliphatic rings. The van der Waals surface area contributed by atoms with Gasteiger partial charge in [0.2, 0.25) is 0 Å². The van der Waals surface area contributed by atoms with Crippen LogP contribution < -0.4 is 0 Å². The van der Waals surface area contributed by atoms with Crippen molar-refractivity contribution in [1.82, 2.24) is 14.9 Å². The Morgan fingerprint density at radius 2 is 1.37 bits per heavy atom. The first kappa shape index (κ1) is 21.2. The molecule has 0 aliphatic carbocycles. The predicted molar refractivity (Wildman–Crippen MR) is 150 cm³/mol. The van der Waals surface area contributed by atoms with Gasteiger partial charge in [0.25, 0.3) is 0 Å². The Balaban J connectivity index is 1.26. The highest BCUT2D eigenvalue weighted by molar-refractivity contribution is 6.08. The lowest BCUT2D eigenvalue weighted by molar-refractivity contribution is 0.420. The van der Waals surface area contributed by atoms with Crippen molar-refractivity contribution in [1.29, 1.82) is 0 Å². The van der Waals surface area contributed by atoms with Gasteiger partial charge in [-0.25, -0.2) is 0 Å². The second-order valence-corrected chi connectivity index (χ2v) is 9.85. The summed E-state index contributed by atoms with van der Waals surface area (Å²) in [5.74, 6) is 0.784. The molecule has 5 heteroatoms. The first-order valence-corrected chi connectivity index (χ1v) is 13.0. The third kappa shape index (κ3) is 3.32. The first-order chi connectivity index (χ1) is 18.8. The smallest absolute Gasteiger partial charge is 0.176 e. The summed E-state index contributed by atoms with van der Waals surface area (Å²) in [6.07, 6.45) is 3.72. The van der Waals surface area contributed by atoms with Crippen LogP contribution in [-0.2, 0) is 13.0 Å². The third-order valence-electron chi connectivity index (χ3n) is 7.55. The van der Waals surface area contributed by atoms with E-state index in [1.165, 1.54) is 16.7 Å². The summed E-state index contributed by atoms with van der Waals surface area (Å²) in [6.45, 7) is 0.887. The summed E-state index contributed by atoms with van der Waals surface area (Å²) in [4.78, 5) is 0. The Morgan fingerprint density at radius 3 is 2.21 bits per heavy atom. The zero-order chi connectivity index (χ0) is 25.1. The summed E-state index contributed by atoms with van der Waals surface area (Å²) in [6, 6.07) is 33.9. The molecule has 1 aliphatic heterocycles. The van der Waals surface area contributed by atoms with Crippen LogP contribution in [0.25, 0.3) is 66.8 Å². The summed E-state index contributed by atoms with van der Waals surface area (Å²) >= 11 is 0. The fraction of sp³-hybridized carbons (Fsp3) is 0.0909. The molecular formula is C33H23N3O2. The lowest BCUT2D eigenvalue weighted by atomic mass is 9.97. The van der Waals surface area contributed by atoms with Gasteiger partial charge >= 0.3 is 0 Å². The average Bonchev–Trinajstić information content (AvgIpc) is 3.67. The number of hydrogen-bond donors (Lipinski definition) is 0. The van der Waals surface area contributed by atoms with Crippen LogP contribution in [0.15, 0.2) is 112 Å². The zero-order valence-electron chi connectivity index (χ0n) is 20.6. The zero-order valence-corrected chi connectivity index (χ0v) is 20.6. The molecule has 38 heavy (non-hydrogen) atoms. The maximum absolute atomic E-state index is 6.22. The third-order valence-corrected chi connectivity index (χ3v) is 7.55. The molecule has 0 radical (unpaired) electrons. The molecule has 0 fully saturated rings. The summed E-state index contributed by atoms with van der Waals surface area (Å²) < 4.78 is 14.2. The van der Waals surface area contributed by atoms with E-state index in [4.69, 9.17) is 8.94 Å². The molecule has 0 unspecified atom stereocenters. The maximum atomic E-state index is 6.22. The van der Waals surface area contributed by atoms with Crippen LogP contribution in [0.3, 0.4) is 0 Å². The Morgan fingerprint density at radius 1 is 0.658 bits per heavy atom. The van der Waals surface area contributed by atoms with E-state index < -0.39 is 0 Å². The molecule has 7 aromatic rings. The Kier molecular flexibility index (Phi) is 4.64. The van der Waals surface area contributed by atoms with Crippen LogP contribution >= 0.6 is 0 Å². The van der Waals surface area contributed by atoms with Gasteiger partial charge < -0.3 is 8.94 Å². The highest BCUT2D eigenvalue weighted by atomic mass is 16.5. The summed E-state index contributed by atoms with van der Waals surface area (Å²) in [7, 11) is 0. The lowest BCUT2D eigenvalue weighted by Crippen LogP contribution is -1.99. The summed E-state index contributed by atoms with van der Waals surface area (Å²) in [5, 5.41) is 11.1. The van der Waals surface area contributed by atoms with Crippen molar-refractivity contribution in [2.75, 3.05) is 0 Å². The fourth-order valence-electron chi connectivity index (χ4n) is 5.68. The molecular weight excluding hydrogens is 470 g/mol. The van der Waals surface area contributed by atoms with E-state index in [1.807, 2.05) is 29.1 Å². The number of aryl methyl sites for hydroxylation is 2. The molecule has 0 atom stereocenters. The molecule has 3 aromatic heterocycles. The standard InChI is InChI=1S/C33H23N3O2/c1-2-6-21(7-3-1)22-8-4-9-23(18-22)24-11-13-30-26(19-24)27-20-25(12-14-31(27)37-30)33-32-28(35-38-33)10-5-17-36-29(32)15-16-34-36/h1-4,6-9,11-16,18-20H,5,10,17H2. The van der Waals surface area contributed by atoms with Crippen molar-refractivity contribution < 1.29 is 8.94 Å². The molecule has 4 aromatic carbocycles. The van der Waals surface area contributed by atoms with E-state index in [-0.39, 0.29) is 0 Å². The van der Waals surface area contributed by atoms with Crippen molar-refractivity contribution in [3.8, 4) is 44.8 Å². The maximum Gasteiger partial charge on any atom is 0.176 e. The van der Waals surface area contributed by atoms with Crippen LogP contribution in [0.5, 0.6) is 0 Å². The number of rotatable bonds is 3. The molecule has 0 amide bonds. The number of fused-ring (bicyclic) bond motifs is 6. The minimum Gasteiger partial charge on any atom is -0.456 e. The highest BCUT2D eigenvalue weighted by Crippen LogP contribution is 2.40. The monoisotopic (exact) mass is 493 g/mol. The van der Waals surface area contributed by atoms with E-state index in [1.54, 1.807) is 0 Å². The van der Waals surface area contributed by atoms with Gasteiger partial charge in [0.1, 0.15) is 11.2 Å². The number of hydrogen-bond acceptors (Lipinski definition) is 4. The molecule has 0 bridgehead atoms. The minimum absolute atomic E-state index is 0.784. The molecule has 0 saturated carbocycles. The Labute approximate surface area is 218 Å². The highest BCUT2D eigenvalue weighted by Gasteiger charge is 2.25. The van der Waals surface area contributed by atoms with Gasteiger partial charge in [-0.3, -0.25) is 4.68 Å². The first-order valence-electron chi connectivity index (χ1n) is 13.0. The van der Waals surface area contributed by atoms with Crippen LogP contribution in [0.1, 0.15) is 12.1 Å². The lowest BCUT2D eigenvalue weighted by Gasteiger charge is -2.06.